The normalized spacial score (nSPS) is 27.5. The van der Waals surface area contributed by atoms with Crippen molar-refractivity contribution in [3.8, 4) is 0 Å². The molecule has 0 heterocycles. The first-order chi connectivity index (χ1) is 11.0. The number of carbonyl (C=O) groups is 2. The van der Waals surface area contributed by atoms with Crippen LogP contribution in [0.25, 0.3) is 0 Å². The van der Waals surface area contributed by atoms with Crippen LogP contribution in [0.15, 0.2) is 12.7 Å². The van der Waals surface area contributed by atoms with Crippen LogP contribution < -0.4 is 4.72 Å². The average Bonchev–Trinajstić information content (AvgIpc) is 2.87. The lowest BCUT2D eigenvalue weighted by atomic mass is 9.98. The molecule has 2 fully saturated rings. The highest BCUT2D eigenvalue weighted by molar-refractivity contribution is 7.90. The van der Waals surface area contributed by atoms with Crippen LogP contribution in [0.2, 0.25) is 0 Å². The highest BCUT2D eigenvalue weighted by Gasteiger charge is 2.60. The molecule has 0 aromatic heterocycles. The molecule has 2 aliphatic rings. The molecule has 0 aromatic rings. The third-order valence-corrected chi connectivity index (χ3v) is 6.55. The molecule has 6 nitrogen and oxygen atoms in total. The zero-order valence-electron chi connectivity index (χ0n) is 14.6. The fraction of sp³-hybridized carbons (Fsp3) is 0.765. The predicted molar refractivity (Wildman–Crippen MR) is 90.5 cm³/mol. The second kappa shape index (κ2) is 6.50. The van der Waals surface area contributed by atoms with Crippen LogP contribution in [-0.4, -0.2) is 31.1 Å². The molecule has 7 heteroatoms. The Morgan fingerprint density at radius 1 is 1.29 bits per heavy atom. The topological polar surface area (TPSA) is 89.5 Å². The van der Waals surface area contributed by atoms with Gasteiger partial charge in [0.1, 0.15) is 5.60 Å². The number of ether oxygens (including phenoxy) is 1. The van der Waals surface area contributed by atoms with Gasteiger partial charge in [0, 0.05) is 0 Å². The van der Waals surface area contributed by atoms with Crippen LogP contribution in [0.5, 0.6) is 0 Å². The summed E-state index contributed by atoms with van der Waals surface area (Å²) in [6.07, 6.45) is 4.76. The Kier molecular flexibility index (Phi) is 5.14. The smallest absolute Gasteiger partial charge is 0.307 e. The standard InChI is InChI=1S/C17H27NO5S/c1-5-12-10-17(12,11-14(19)23-16(2,3)4)15(20)18-24(21,22)13-8-6-7-9-13/h5,12-13H,1,6-11H2,2-4H3,(H,18,20)/t12-,17-/m1/s1. The number of hydrogen-bond acceptors (Lipinski definition) is 5. The number of sulfonamides is 1. The molecule has 0 aliphatic heterocycles. The third kappa shape index (κ3) is 4.18. The van der Waals surface area contributed by atoms with Gasteiger partial charge in [0.15, 0.2) is 0 Å². The third-order valence-electron chi connectivity index (χ3n) is 4.73. The van der Waals surface area contributed by atoms with E-state index in [0.717, 1.165) is 12.8 Å². The minimum absolute atomic E-state index is 0.132. The maximum atomic E-state index is 12.6. The lowest BCUT2D eigenvalue weighted by molar-refractivity contribution is -0.158. The van der Waals surface area contributed by atoms with Crippen LogP contribution in [-0.2, 0) is 24.3 Å². The van der Waals surface area contributed by atoms with Crippen molar-refractivity contribution in [2.24, 2.45) is 11.3 Å². The van der Waals surface area contributed by atoms with E-state index in [1.165, 1.54) is 0 Å². The summed E-state index contributed by atoms with van der Waals surface area (Å²) in [5.74, 6) is -1.31. The summed E-state index contributed by atoms with van der Waals surface area (Å²) in [6.45, 7) is 8.92. The number of rotatable bonds is 6. The number of allylic oxidation sites excluding steroid dienone is 1. The van der Waals surface area contributed by atoms with E-state index in [1.54, 1.807) is 26.8 Å². The fourth-order valence-corrected chi connectivity index (χ4v) is 4.92. The molecule has 2 rings (SSSR count). The first-order valence-corrected chi connectivity index (χ1v) is 9.95. The number of amides is 1. The van der Waals surface area contributed by atoms with Crippen LogP contribution in [0, 0.1) is 11.3 Å². The number of carbonyl (C=O) groups excluding carboxylic acids is 2. The molecule has 2 aliphatic carbocycles. The van der Waals surface area contributed by atoms with Crippen LogP contribution >= 0.6 is 0 Å². The summed E-state index contributed by atoms with van der Waals surface area (Å²) in [4.78, 5) is 24.7. The van der Waals surface area contributed by atoms with Crippen LogP contribution in [0.3, 0.4) is 0 Å². The van der Waals surface area contributed by atoms with Crippen LogP contribution in [0.1, 0.15) is 59.3 Å². The maximum absolute atomic E-state index is 12.6. The van der Waals surface area contributed by atoms with Gasteiger partial charge in [-0.05, 0) is 46.0 Å². The molecule has 1 N–H and O–H groups in total. The maximum Gasteiger partial charge on any atom is 0.307 e. The lowest BCUT2D eigenvalue weighted by Gasteiger charge is -2.22. The van der Waals surface area contributed by atoms with Crippen molar-refractivity contribution in [3.05, 3.63) is 12.7 Å². The molecule has 2 saturated carbocycles. The minimum Gasteiger partial charge on any atom is -0.460 e. The van der Waals surface area contributed by atoms with Gasteiger partial charge < -0.3 is 4.74 Å². The molecule has 136 valence electrons. The van der Waals surface area contributed by atoms with E-state index in [-0.39, 0.29) is 12.3 Å². The zero-order valence-corrected chi connectivity index (χ0v) is 15.4. The molecule has 0 bridgehead atoms. The van der Waals surface area contributed by atoms with Gasteiger partial charge in [-0.25, -0.2) is 8.42 Å². The van der Waals surface area contributed by atoms with Crippen molar-refractivity contribution in [1.29, 1.82) is 0 Å². The lowest BCUT2D eigenvalue weighted by Crippen LogP contribution is -2.43. The van der Waals surface area contributed by atoms with E-state index in [9.17, 15) is 18.0 Å². The molecule has 2 atom stereocenters. The molecule has 0 unspecified atom stereocenters. The van der Waals surface area contributed by atoms with Gasteiger partial charge >= 0.3 is 5.97 Å². The van der Waals surface area contributed by atoms with E-state index < -0.39 is 38.2 Å². The van der Waals surface area contributed by atoms with Crippen molar-refractivity contribution in [1.82, 2.24) is 4.72 Å². The van der Waals surface area contributed by atoms with E-state index in [2.05, 4.69) is 11.3 Å². The van der Waals surface area contributed by atoms with Crippen molar-refractivity contribution < 1.29 is 22.7 Å². The zero-order chi connectivity index (χ0) is 18.2. The minimum atomic E-state index is -3.69. The summed E-state index contributed by atoms with van der Waals surface area (Å²) in [5.41, 5.74) is -1.70. The van der Waals surface area contributed by atoms with Gasteiger partial charge in [0.2, 0.25) is 15.9 Å². The van der Waals surface area contributed by atoms with E-state index in [1.807, 2.05) is 0 Å². The second-order valence-corrected chi connectivity index (χ2v) is 9.81. The molecule has 0 radical (unpaired) electrons. The Morgan fingerprint density at radius 2 is 1.88 bits per heavy atom. The number of nitrogens with one attached hydrogen (secondary N) is 1. The van der Waals surface area contributed by atoms with Gasteiger partial charge in [-0.2, -0.15) is 0 Å². The monoisotopic (exact) mass is 357 g/mol. The van der Waals surface area contributed by atoms with E-state index in [0.29, 0.717) is 19.3 Å². The van der Waals surface area contributed by atoms with Gasteiger partial charge in [-0.15, -0.1) is 6.58 Å². The predicted octanol–water partition coefficient (Wildman–Crippen LogP) is 2.30. The van der Waals surface area contributed by atoms with Crippen molar-refractivity contribution in [2.45, 2.75) is 70.1 Å². The molecular weight excluding hydrogens is 330 g/mol. The molecule has 24 heavy (non-hydrogen) atoms. The SMILES string of the molecule is C=C[C@@H]1C[C@]1(CC(=O)OC(C)(C)C)C(=O)NS(=O)(=O)C1CCCC1. The summed E-state index contributed by atoms with van der Waals surface area (Å²) in [7, 11) is -3.69. The van der Waals surface area contributed by atoms with Crippen molar-refractivity contribution >= 4 is 21.9 Å². The summed E-state index contributed by atoms with van der Waals surface area (Å²) in [6, 6.07) is 0. The summed E-state index contributed by atoms with van der Waals surface area (Å²) < 4.78 is 32.2. The van der Waals surface area contributed by atoms with E-state index >= 15 is 0 Å². The summed E-state index contributed by atoms with van der Waals surface area (Å²) in [5, 5.41) is -0.513. The highest BCUT2D eigenvalue weighted by Crippen LogP contribution is 2.56. The quantitative estimate of drug-likeness (QED) is 0.582. The molecule has 0 aromatic carbocycles. The summed E-state index contributed by atoms with van der Waals surface area (Å²) >= 11 is 0. The Bertz CT molecular complexity index is 628. The molecular formula is C17H27NO5S. The first-order valence-electron chi connectivity index (χ1n) is 8.41. The largest absolute Gasteiger partial charge is 0.460 e. The Balaban J connectivity index is 2.08. The molecule has 0 saturated heterocycles. The van der Waals surface area contributed by atoms with E-state index in [4.69, 9.17) is 4.74 Å². The molecule has 0 spiro atoms. The highest BCUT2D eigenvalue weighted by atomic mass is 32.2. The first kappa shape index (κ1) is 19.0. The van der Waals surface area contributed by atoms with Crippen molar-refractivity contribution in [2.75, 3.05) is 0 Å². The Morgan fingerprint density at radius 3 is 2.33 bits per heavy atom. The van der Waals surface area contributed by atoms with Gasteiger partial charge in [0.25, 0.3) is 0 Å². The van der Waals surface area contributed by atoms with Gasteiger partial charge in [-0.3, -0.25) is 14.3 Å². The average molecular weight is 357 g/mol. The van der Waals surface area contributed by atoms with Crippen molar-refractivity contribution in [3.63, 3.8) is 0 Å². The fourth-order valence-electron chi connectivity index (χ4n) is 3.34. The number of esters is 1. The van der Waals surface area contributed by atoms with Gasteiger partial charge in [-0.1, -0.05) is 18.9 Å². The second-order valence-electron chi connectivity index (χ2n) is 7.85. The van der Waals surface area contributed by atoms with Gasteiger partial charge in [0.05, 0.1) is 17.1 Å². The van der Waals surface area contributed by atoms with Crippen LogP contribution in [0.4, 0.5) is 0 Å². The number of hydrogen-bond donors (Lipinski definition) is 1. The Hall–Kier alpha value is -1.37. The molecule has 1 amide bonds. The Labute approximate surface area is 144 Å².